The molecule has 2 aromatic carbocycles. The first kappa shape index (κ1) is 19.9. The minimum Gasteiger partial charge on any atom is -0.489 e. The molecule has 29 heavy (non-hydrogen) atoms. The van der Waals surface area contributed by atoms with Crippen molar-refractivity contribution >= 4 is 34.0 Å². The minimum atomic E-state index is -0.265. The molecule has 1 saturated carbocycles. The number of halogens is 1. The molecule has 0 bridgehead atoms. The molecule has 150 valence electrons. The first-order valence-electron chi connectivity index (χ1n) is 9.81. The third kappa shape index (κ3) is 5.34. The van der Waals surface area contributed by atoms with Gasteiger partial charge in [-0.2, -0.15) is 0 Å². The quantitative estimate of drug-likeness (QED) is 0.544. The van der Waals surface area contributed by atoms with Crippen molar-refractivity contribution in [1.82, 2.24) is 10.2 Å². The Morgan fingerprint density at radius 2 is 1.90 bits per heavy atom. The molecule has 1 aliphatic rings. The zero-order valence-corrected chi connectivity index (χ0v) is 17.5. The van der Waals surface area contributed by atoms with Gasteiger partial charge in [-0.25, -0.2) is 0 Å². The van der Waals surface area contributed by atoms with E-state index < -0.39 is 0 Å². The Balaban J connectivity index is 1.37. The molecule has 4 rings (SSSR count). The van der Waals surface area contributed by atoms with Crippen molar-refractivity contribution < 1.29 is 9.53 Å². The van der Waals surface area contributed by atoms with Gasteiger partial charge >= 0.3 is 0 Å². The molecule has 1 N–H and O–H groups in total. The highest BCUT2D eigenvalue weighted by atomic mass is 35.5. The highest BCUT2D eigenvalue weighted by Crippen LogP contribution is 2.30. The number of hydrogen-bond donors (Lipinski definition) is 1. The summed E-state index contributed by atoms with van der Waals surface area (Å²) < 4.78 is 6.02. The lowest BCUT2D eigenvalue weighted by Crippen LogP contribution is -2.20. The second kappa shape index (κ2) is 9.37. The second-order valence-corrected chi connectivity index (χ2v) is 8.61. The van der Waals surface area contributed by atoms with E-state index in [0.717, 1.165) is 23.4 Å². The number of amides is 1. The monoisotopic (exact) mass is 427 g/mol. The molecule has 1 aliphatic carbocycles. The molecule has 0 saturated heterocycles. The third-order valence-electron chi connectivity index (χ3n) is 4.93. The summed E-state index contributed by atoms with van der Waals surface area (Å²) in [5, 5.41) is 12.8. The van der Waals surface area contributed by atoms with Gasteiger partial charge in [-0.3, -0.25) is 10.1 Å². The summed E-state index contributed by atoms with van der Waals surface area (Å²) in [5.74, 6) is 0.370. The van der Waals surface area contributed by atoms with Crippen molar-refractivity contribution in [2.75, 3.05) is 5.32 Å². The van der Waals surface area contributed by atoms with E-state index in [1.807, 2.05) is 30.3 Å². The average Bonchev–Trinajstić information content (AvgIpc) is 3.17. The number of benzene rings is 2. The van der Waals surface area contributed by atoms with Crippen molar-refractivity contribution in [1.29, 1.82) is 0 Å². The highest BCUT2D eigenvalue weighted by molar-refractivity contribution is 7.15. The van der Waals surface area contributed by atoms with Gasteiger partial charge in [0, 0.05) is 12.0 Å². The number of nitrogens with one attached hydrogen (secondary N) is 1. The molecule has 0 aliphatic heterocycles. The Hall–Kier alpha value is -2.44. The van der Waals surface area contributed by atoms with Crippen LogP contribution in [0, 0.1) is 0 Å². The van der Waals surface area contributed by atoms with Gasteiger partial charge in [0.2, 0.25) is 5.13 Å². The molecular formula is C22H22ClN3O2S. The predicted octanol–water partition coefficient (Wildman–Crippen LogP) is 5.75. The van der Waals surface area contributed by atoms with E-state index in [1.54, 1.807) is 18.2 Å². The molecule has 1 heterocycles. The van der Waals surface area contributed by atoms with Gasteiger partial charge in [0.25, 0.3) is 5.91 Å². The van der Waals surface area contributed by atoms with Crippen LogP contribution >= 0.6 is 22.9 Å². The van der Waals surface area contributed by atoms with E-state index in [4.69, 9.17) is 16.3 Å². The average molecular weight is 428 g/mol. The number of hydrogen-bond acceptors (Lipinski definition) is 5. The van der Waals surface area contributed by atoms with Gasteiger partial charge in [0.05, 0.1) is 11.1 Å². The normalized spacial score (nSPS) is 14.5. The maximum Gasteiger partial charge on any atom is 0.257 e. The van der Waals surface area contributed by atoms with Crippen LogP contribution in [-0.2, 0) is 6.42 Å². The molecular weight excluding hydrogens is 406 g/mol. The molecule has 0 spiro atoms. The standard InChI is InChI=1S/C22H22ClN3O2S/c23-18-14-16(11-12-19(18)28-17-9-5-2-6-10-17)21(27)24-22-26-25-20(29-22)13-15-7-3-1-4-8-15/h1,3-4,7-8,11-12,14,17H,2,5-6,9-10,13H2,(H,24,26,27). The van der Waals surface area contributed by atoms with Crippen LogP contribution in [0.5, 0.6) is 5.75 Å². The maximum atomic E-state index is 12.6. The topological polar surface area (TPSA) is 64.1 Å². The van der Waals surface area contributed by atoms with Crippen molar-refractivity contribution in [2.24, 2.45) is 0 Å². The summed E-state index contributed by atoms with van der Waals surface area (Å²) in [6, 6.07) is 15.2. The van der Waals surface area contributed by atoms with E-state index in [1.165, 1.54) is 30.6 Å². The molecule has 0 atom stereocenters. The third-order valence-corrected chi connectivity index (χ3v) is 6.06. The minimum absolute atomic E-state index is 0.213. The summed E-state index contributed by atoms with van der Waals surface area (Å²) in [5.41, 5.74) is 1.62. The zero-order chi connectivity index (χ0) is 20.1. The van der Waals surface area contributed by atoms with Crippen molar-refractivity contribution in [2.45, 2.75) is 44.6 Å². The van der Waals surface area contributed by atoms with Gasteiger partial charge in [-0.05, 0) is 49.4 Å². The molecule has 5 nitrogen and oxygen atoms in total. The fraction of sp³-hybridized carbons (Fsp3) is 0.318. The number of nitrogens with zero attached hydrogens (tertiary/aromatic N) is 2. The Morgan fingerprint density at radius 1 is 1.10 bits per heavy atom. The number of rotatable bonds is 6. The van der Waals surface area contributed by atoms with Gasteiger partial charge in [-0.1, -0.05) is 59.7 Å². The summed E-state index contributed by atoms with van der Waals surface area (Å²) in [4.78, 5) is 12.6. The number of aromatic nitrogens is 2. The summed E-state index contributed by atoms with van der Waals surface area (Å²) >= 11 is 7.73. The SMILES string of the molecule is O=C(Nc1nnc(Cc2ccccc2)s1)c1ccc(OC2CCCCC2)c(Cl)c1. The fourth-order valence-corrected chi connectivity index (χ4v) is 4.41. The smallest absolute Gasteiger partial charge is 0.257 e. The van der Waals surface area contributed by atoms with Crippen LogP contribution in [-0.4, -0.2) is 22.2 Å². The number of ether oxygens (including phenoxy) is 1. The van der Waals surface area contributed by atoms with Gasteiger partial charge in [0.1, 0.15) is 10.8 Å². The predicted molar refractivity (Wildman–Crippen MR) is 116 cm³/mol. The number of anilines is 1. The Morgan fingerprint density at radius 3 is 2.66 bits per heavy atom. The maximum absolute atomic E-state index is 12.6. The van der Waals surface area contributed by atoms with E-state index in [2.05, 4.69) is 15.5 Å². The van der Waals surface area contributed by atoms with Crippen LogP contribution in [0.25, 0.3) is 0 Å². The molecule has 1 fully saturated rings. The molecule has 0 unspecified atom stereocenters. The Labute approximate surface area is 179 Å². The lowest BCUT2D eigenvalue weighted by Gasteiger charge is -2.23. The Bertz CT molecular complexity index is 971. The van der Waals surface area contributed by atoms with Crippen LogP contribution in [0.15, 0.2) is 48.5 Å². The molecule has 7 heteroatoms. The highest BCUT2D eigenvalue weighted by Gasteiger charge is 2.18. The summed E-state index contributed by atoms with van der Waals surface area (Å²) in [6.07, 6.45) is 6.67. The largest absolute Gasteiger partial charge is 0.489 e. The fourth-order valence-electron chi connectivity index (χ4n) is 3.42. The first-order valence-corrected chi connectivity index (χ1v) is 11.0. The van der Waals surface area contributed by atoms with Crippen molar-refractivity contribution in [3.63, 3.8) is 0 Å². The van der Waals surface area contributed by atoms with Crippen LogP contribution in [0.3, 0.4) is 0 Å². The molecule has 0 radical (unpaired) electrons. The van der Waals surface area contributed by atoms with Gasteiger partial charge in [0.15, 0.2) is 0 Å². The lowest BCUT2D eigenvalue weighted by atomic mass is 9.98. The Kier molecular flexibility index (Phi) is 6.42. The van der Waals surface area contributed by atoms with Crippen LogP contribution in [0.4, 0.5) is 5.13 Å². The van der Waals surface area contributed by atoms with Gasteiger partial charge < -0.3 is 4.74 Å². The van der Waals surface area contributed by atoms with Crippen LogP contribution in [0.2, 0.25) is 5.02 Å². The zero-order valence-electron chi connectivity index (χ0n) is 15.9. The number of carbonyl (C=O) groups is 1. The summed E-state index contributed by atoms with van der Waals surface area (Å²) in [7, 11) is 0. The van der Waals surface area contributed by atoms with Crippen molar-refractivity contribution in [3.8, 4) is 5.75 Å². The lowest BCUT2D eigenvalue weighted by molar-refractivity contribution is 0.102. The molecule has 3 aromatic rings. The van der Waals surface area contributed by atoms with Crippen LogP contribution < -0.4 is 10.1 Å². The van der Waals surface area contributed by atoms with Crippen LogP contribution in [0.1, 0.15) is 53.0 Å². The number of carbonyl (C=O) groups excluding carboxylic acids is 1. The molecule has 1 aromatic heterocycles. The summed E-state index contributed by atoms with van der Waals surface area (Å²) in [6.45, 7) is 0. The molecule has 1 amide bonds. The van der Waals surface area contributed by atoms with Crippen molar-refractivity contribution in [3.05, 3.63) is 69.7 Å². The second-order valence-electron chi connectivity index (χ2n) is 7.14. The van der Waals surface area contributed by atoms with E-state index in [-0.39, 0.29) is 12.0 Å². The van der Waals surface area contributed by atoms with E-state index in [9.17, 15) is 4.79 Å². The van der Waals surface area contributed by atoms with Gasteiger partial charge in [-0.15, -0.1) is 10.2 Å². The van der Waals surface area contributed by atoms with E-state index >= 15 is 0 Å². The van der Waals surface area contributed by atoms with E-state index in [0.29, 0.717) is 27.9 Å². The first-order chi connectivity index (χ1) is 14.2.